The number of aromatic nitrogens is 4. The zero-order valence-corrected chi connectivity index (χ0v) is 13.4. The average molecular weight is 350 g/mol. The molecule has 0 amide bonds. The number of benzene rings is 2. The third-order valence-electron chi connectivity index (χ3n) is 3.08. The van der Waals surface area contributed by atoms with Gasteiger partial charge in [-0.05, 0) is 46.8 Å². The minimum absolute atomic E-state index is 0.0349. The standard InChI is InChI=1S/C14H12ClN5O2S/c15-11-6-8-12(9-7-11)20-14(17-18-19-20)10-16-23(21,22)13-4-2-1-3-5-13/h1-9,16H,10H2. The van der Waals surface area contributed by atoms with Gasteiger partial charge in [0.05, 0.1) is 17.1 Å². The van der Waals surface area contributed by atoms with Crippen LogP contribution in [0.15, 0.2) is 59.5 Å². The van der Waals surface area contributed by atoms with Crippen LogP contribution in [-0.2, 0) is 16.6 Å². The van der Waals surface area contributed by atoms with Gasteiger partial charge in [0.15, 0.2) is 5.82 Å². The molecule has 0 aliphatic rings. The van der Waals surface area contributed by atoms with Crippen LogP contribution in [0.3, 0.4) is 0 Å². The van der Waals surface area contributed by atoms with Crippen molar-refractivity contribution in [3.8, 4) is 5.69 Å². The van der Waals surface area contributed by atoms with Crippen LogP contribution in [0.1, 0.15) is 5.82 Å². The van der Waals surface area contributed by atoms with Crippen LogP contribution < -0.4 is 4.72 Å². The van der Waals surface area contributed by atoms with Crippen LogP contribution in [0.5, 0.6) is 0 Å². The van der Waals surface area contributed by atoms with Gasteiger partial charge in [0.2, 0.25) is 10.0 Å². The second-order valence-corrected chi connectivity index (χ2v) is 6.82. The molecule has 9 heteroatoms. The van der Waals surface area contributed by atoms with E-state index in [0.29, 0.717) is 16.5 Å². The Kier molecular flexibility index (Phi) is 4.37. The molecule has 3 rings (SSSR count). The summed E-state index contributed by atoms with van der Waals surface area (Å²) in [5, 5.41) is 11.9. The van der Waals surface area contributed by atoms with Crippen molar-refractivity contribution < 1.29 is 8.42 Å². The fraction of sp³-hybridized carbons (Fsp3) is 0.0714. The predicted molar refractivity (Wildman–Crippen MR) is 84.6 cm³/mol. The van der Waals surface area contributed by atoms with E-state index >= 15 is 0 Å². The molecular weight excluding hydrogens is 338 g/mol. The van der Waals surface area contributed by atoms with E-state index in [9.17, 15) is 8.42 Å². The summed E-state index contributed by atoms with van der Waals surface area (Å²) in [6, 6.07) is 15.0. The van der Waals surface area contributed by atoms with E-state index in [-0.39, 0.29) is 11.4 Å². The van der Waals surface area contributed by atoms with Gasteiger partial charge in [-0.25, -0.2) is 13.1 Å². The molecule has 0 saturated heterocycles. The van der Waals surface area contributed by atoms with E-state index < -0.39 is 10.0 Å². The van der Waals surface area contributed by atoms with Crippen molar-refractivity contribution in [2.45, 2.75) is 11.4 Å². The normalized spacial score (nSPS) is 11.5. The van der Waals surface area contributed by atoms with Gasteiger partial charge in [-0.2, -0.15) is 4.68 Å². The largest absolute Gasteiger partial charge is 0.240 e. The summed E-state index contributed by atoms with van der Waals surface area (Å²) in [5.74, 6) is 0.367. The fourth-order valence-corrected chi connectivity index (χ4v) is 3.07. The zero-order chi connectivity index (χ0) is 16.3. The Balaban J connectivity index is 1.80. The van der Waals surface area contributed by atoms with Crippen molar-refractivity contribution in [1.29, 1.82) is 0 Å². The van der Waals surface area contributed by atoms with E-state index in [4.69, 9.17) is 11.6 Å². The molecule has 0 unspecified atom stereocenters. The lowest BCUT2D eigenvalue weighted by atomic mass is 10.3. The van der Waals surface area contributed by atoms with Gasteiger partial charge in [-0.1, -0.05) is 29.8 Å². The molecule has 1 heterocycles. The number of tetrazole rings is 1. The lowest BCUT2D eigenvalue weighted by molar-refractivity contribution is 0.578. The van der Waals surface area contributed by atoms with E-state index in [1.807, 2.05) is 0 Å². The summed E-state index contributed by atoms with van der Waals surface area (Å²) in [4.78, 5) is 0.186. The van der Waals surface area contributed by atoms with E-state index in [1.54, 1.807) is 42.5 Å². The maximum Gasteiger partial charge on any atom is 0.240 e. The first kappa shape index (κ1) is 15.6. The van der Waals surface area contributed by atoms with Crippen molar-refractivity contribution in [2.24, 2.45) is 0 Å². The van der Waals surface area contributed by atoms with Gasteiger partial charge in [0.25, 0.3) is 0 Å². The third-order valence-corrected chi connectivity index (χ3v) is 4.75. The first-order valence-electron chi connectivity index (χ1n) is 6.64. The van der Waals surface area contributed by atoms with Crippen molar-refractivity contribution in [1.82, 2.24) is 24.9 Å². The second kappa shape index (κ2) is 6.45. The molecule has 1 N–H and O–H groups in total. The van der Waals surface area contributed by atoms with E-state index in [2.05, 4.69) is 20.2 Å². The maximum atomic E-state index is 12.2. The molecule has 0 fully saturated rings. The van der Waals surface area contributed by atoms with Crippen LogP contribution in [0.2, 0.25) is 5.02 Å². The number of halogens is 1. The summed E-state index contributed by atoms with van der Waals surface area (Å²) < 4.78 is 28.4. The molecule has 0 radical (unpaired) electrons. The van der Waals surface area contributed by atoms with Gasteiger partial charge < -0.3 is 0 Å². The van der Waals surface area contributed by atoms with Crippen LogP contribution in [0.25, 0.3) is 5.69 Å². The molecule has 0 spiro atoms. The van der Waals surface area contributed by atoms with Crippen LogP contribution >= 0.6 is 11.6 Å². The Bertz CT molecular complexity index is 894. The number of rotatable bonds is 5. The Morgan fingerprint density at radius 2 is 1.74 bits per heavy atom. The molecule has 23 heavy (non-hydrogen) atoms. The molecule has 118 valence electrons. The smallest absolute Gasteiger partial charge is 0.207 e. The molecule has 0 saturated carbocycles. The number of sulfonamides is 1. The topological polar surface area (TPSA) is 89.8 Å². The van der Waals surface area contributed by atoms with Crippen LogP contribution in [-0.4, -0.2) is 28.6 Å². The Morgan fingerprint density at radius 3 is 2.43 bits per heavy atom. The highest BCUT2D eigenvalue weighted by Crippen LogP contribution is 2.14. The first-order valence-corrected chi connectivity index (χ1v) is 8.50. The minimum Gasteiger partial charge on any atom is -0.207 e. The quantitative estimate of drug-likeness (QED) is 0.758. The Hall–Kier alpha value is -2.29. The number of nitrogens with zero attached hydrogens (tertiary/aromatic N) is 4. The van der Waals surface area contributed by atoms with Crippen molar-refractivity contribution in [3.05, 3.63) is 65.4 Å². The van der Waals surface area contributed by atoms with Crippen molar-refractivity contribution in [2.75, 3.05) is 0 Å². The minimum atomic E-state index is -3.62. The zero-order valence-electron chi connectivity index (χ0n) is 11.8. The predicted octanol–water partition coefficient (Wildman–Crippen LogP) is 1.79. The summed E-state index contributed by atoms with van der Waals surface area (Å²) in [5.41, 5.74) is 0.688. The van der Waals surface area contributed by atoms with Gasteiger partial charge >= 0.3 is 0 Å². The number of hydrogen-bond acceptors (Lipinski definition) is 5. The van der Waals surface area contributed by atoms with Gasteiger partial charge in [-0.3, -0.25) is 0 Å². The molecule has 0 atom stereocenters. The summed E-state index contributed by atoms with van der Waals surface area (Å²) in [7, 11) is -3.62. The summed E-state index contributed by atoms with van der Waals surface area (Å²) in [6.45, 7) is -0.0349. The van der Waals surface area contributed by atoms with E-state index in [1.165, 1.54) is 16.8 Å². The molecule has 1 aromatic heterocycles. The second-order valence-electron chi connectivity index (χ2n) is 4.62. The van der Waals surface area contributed by atoms with Crippen molar-refractivity contribution in [3.63, 3.8) is 0 Å². The lowest BCUT2D eigenvalue weighted by Crippen LogP contribution is -2.25. The molecule has 7 nitrogen and oxygen atoms in total. The third kappa shape index (κ3) is 3.55. The number of hydrogen-bond donors (Lipinski definition) is 1. The number of nitrogens with one attached hydrogen (secondary N) is 1. The van der Waals surface area contributed by atoms with Gasteiger partial charge in [0.1, 0.15) is 0 Å². The molecule has 2 aromatic carbocycles. The SMILES string of the molecule is O=S(=O)(NCc1nnnn1-c1ccc(Cl)cc1)c1ccccc1. The van der Waals surface area contributed by atoms with Gasteiger partial charge in [-0.15, -0.1) is 5.10 Å². The van der Waals surface area contributed by atoms with Crippen molar-refractivity contribution >= 4 is 21.6 Å². The molecule has 0 aliphatic carbocycles. The highest BCUT2D eigenvalue weighted by Gasteiger charge is 2.16. The average Bonchev–Trinajstić information content (AvgIpc) is 3.03. The van der Waals surface area contributed by atoms with Gasteiger partial charge in [0, 0.05) is 5.02 Å². The molecule has 3 aromatic rings. The highest BCUT2D eigenvalue weighted by molar-refractivity contribution is 7.89. The Morgan fingerprint density at radius 1 is 1.04 bits per heavy atom. The maximum absolute atomic E-state index is 12.2. The highest BCUT2D eigenvalue weighted by atomic mass is 35.5. The Labute approximate surface area is 138 Å². The molecule has 0 aliphatic heterocycles. The lowest BCUT2D eigenvalue weighted by Gasteiger charge is -2.07. The monoisotopic (exact) mass is 349 g/mol. The fourth-order valence-electron chi connectivity index (χ4n) is 1.94. The molecular formula is C14H12ClN5O2S. The summed E-state index contributed by atoms with van der Waals surface area (Å²) in [6.07, 6.45) is 0. The van der Waals surface area contributed by atoms with E-state index in [0.717, 1.165) is 0 Å². The summed E-state index contributed by atoms with van der Waals surface area (Å²) >= 11 is 5.85. The molecule has 0 bridgehead atoms. The van der Waals surface area contributed by atoms with Crippen LogP contribution in [0, 0.1) is 0 Å². The first-order chi connectivity index (χ1) is 11.1. The van der Waals surface area contributed by atoms with Crippen LogP contribution in [0.4, 0.5) is 0 Å².